The van der Waals surface area contributed by atoms with Crippen molar-refractivity contribution >= 4 is 23.1 Å². The fourth-order valence-corrected chi connectivity index (χ4v) is 4.60. The molecule has 0 spiro atoms. The number of rotatable bonds is 6. The number of benzene rings is 2. The molecule has 0 N–H and O–H groups in total. The van der Waals surface area contributed by atoms with Crippen molar-refractivity contribution < 1.29 is 0 Å². The highest BCUT2D eigenvalue weighted by Gasteiger charge is 2.18. The minimum atomic E-state index is 1.05. The van der Waals surface area contributed by atoms with Crippen LogP contribution in [0.1, 0.15) is 38.8 Å². The van der Waals surface area contributed by atoms with Crippen molar-refractivity contribution in [3.8, 4) is 0 Å². The first-order valence-corrected chi connectivity index (χ1v) is 9.95. The minimum absolute atomic E-state index is 1.05. The summed E-state index contributed by atoms with van der Waals surface area (Å²) in [7, 11) is 0. The molecule has 2 aromatic carbocycles. The molecule has 0 aromatic heterocycles. The summed E-state index contributed by atoms with van der Waals surface area (Å²) in [5, 5.41) is 0. The molecule has 0 unspecified atom stereocenters. The van der Waals surface area contributed by atoms with E-state index in [4.69, 9.17) is 0 Å². The van der Waals surface area contributed by atoms with Crippen LogP contribution in [0, 0.1) is 0 Å². The van der Waals surface area contributed by atoms with Gasteiger partial charge in [-0.15, -0.1) is 0 Å². The van der Waals surface area contributed by atoms with Crippen LogP contribution in [0.5, 0.6) is 0 Å². The summed E-state index contributed by atoms with van der Waals surface area (Å²) in [5.41, 5.74) is 5.60. The molecule has 3 heteroatoms. The second kappa shape index (κ2) is 7.52. The monoisotopic (exact) mass is 340 g/mol. The number of nitrogens with zero attached hydrogens (tertiary/aromatic N) is 2. The predicted molar refractivity (Wildman–Crippen MR) is 107 cm³/mol. The quantitative estimate of drug-likeness (QED) is 0.590. The number of anilines is 2. The van der Waals surface area contributed by atoms with E-state index in [0.29, 0.717) is 0 Å². The van der Waals surface area contributed by atoms with Crippen LogP contribution >= 0.6 is 11.8 Å². The standard InChI is InChI=1S/C21H28N2S/c1-5-22(6-2)18-11-9-16-13-17-10-12-19(23(7-3)8-4)15-21(17)24-20(16)14-18/h9-12,14-15H,5-8,13H2,1-4H3. The third kappa shape index (κ3) is 3.27. The second-order valence-corrected chi connectivity index (χ2v) is 7.29. The van der Waals surface area contributed by atoms with Gasteiger partial charge in [-0.2, -0.15) is 0 Å². The van der Waals surface area contributed by atoms with Crippen molar-refractivity contribution in [1.82, 2.24) is 0 Å². The Morgan fingerprint density at radius 1 is 0.708 bits per heavy atom. The fraction of sp³-hybridized carbons (Fsp3) is 0.429. The van der Waals surface area contributed by atoms with Crippen LogP contribution < -0.4 is 9.80 Å². The molecule has 1 aliphatic rings. The molecule has 0 aliphatic carbocycles. The Morgan fingerprint density at radius 2 is 1.12 bits per heavy atom. The van der Waals surface area contributed by atoms with Gasteiger partial charge in [-0.1, -0.05) is 23.9 Å². The van der Waals surface area contributed by atoms with E-state index in [0.717, 1.165) is 32.6 Å². The van der Waals surface area contributed by atoms with Crippen LogP contribution in [-0.2, 0) is 6.42 Å². The van der Waals surface area contributed by atoms with E-state index >= 15 is 0 Å². The third-order valence-corrected chi connectivity index (χ3v) is 6.16. The van der Waals surface area contributed by atoms with E-state index in [1.807, 2.05) is 11.8 Å². The number of hydrogen-bond acceptors (Lipinski definition) is 3. The molecule has 0 atom stereocenters. The lowest BCUT2D eigenvalue weighted by Crippen LogP contribution is -2.22. The van der Waals surface area contributed by atoms with E-state index in [9.17, 15) is 0 Å². The van der Waals surface area contributed by atoms with Gasteiger partial charge < -0.3 is 9.80 Å². The first-order valence-electron chi connectivity index (χ1n) is 9.13. The summed E-state index contributed by atoms with van der Waals surface area (Å²) in [4.78, 5) is 7.68. The first-order chi connectivity index (χ1) is 11.7. The normalized spacial score (nSPS) is 12.5. The molecule has 1 aliphatic heterocycles. The van der Waals surface area contributed by atoms with Gasteiger partial charge >= 0.3 is 0 Å². The van der Waals surface area contributed by atoms with E-state index in [1.165, 1.54) is 32.3 Å². The van der Waals surface area contributed by atoms with E-state index in [2.05, 4.69) is 73.9 Å². The summed E-state index contributed by atoms with van der Waals surface area (Å²) in [6.07, 6.45) is 1.05. The molecular weight excluding hydrogens is 312 g/mol. The molecule has 3 rings (SSSR count). The molecule has 2 nitrogen and oxygen atoms in total. The van der Waals surface area contributed by atoms with E-state index in [1.54, 1.807) is 0 Å². The van der Waals surface area contributed by atoms with Gasteiger partial charge in [0, 0.05) is 47.3 Å². The highest BCUT2D eigenvalue weighted by atomic mass is 32.2. The molecule has 0 fully saturated rings. The van der Waals surface area contributed by atoms with Crippen LogP contribution in [0.15, 0.2) is 46.2 Å². The largest absolute Gasteiger partial charge is 0.372 e. The summed E-state index contributed by atoms with van der Waals surface area (Å²) < 4.78 is 0. The second-order valence-electron chi connectivity index (χ2n) is 6.21. The lowest BCUT2D eigenvalue weighted by atomic mass is 10.0. The van der Waals surface area contributed by atoms with Gasteiger partial charge in [0.25, 0.3) is 0 Å². The molecule has 0 radical (unpaired) electrons. The zero-order valence-corrected chi connectivity index (χ0v) is 16.1. The summed E-state index contributed by atoms with van der Waals surface area (Å²) in [6, 6.07) is 13.9. The van der Waals surface area contributed by atoms with E-state index in [-0.39, 0.29) is 0 Å². The fourth-order valence-electron chi connectivity index (χ4n) is 3.46. The van der Waals surface area contributed by atoms with Crippen LogP contribution in [0.25, 0.3) is 0 Å². The highest BCUT2D eigenvalue weighted by molar-refractivity contribution is 7.99. The van der Waals surface area contributed by atoms with Crippen LogP contribution in [-0.4, -0.2) is 26.2 Å². The SMILES string of the molecule is CCN(CC)c1ccc2c(c1)Sc1cc(N(CC)CC)ccc1C2. The van der Waals surface area contributed by atoms with Crippen molar-refractivity contribution in [1.29, 1.82) is 0 Å². The highest BCUT2D eigenvalue weighted by Crippen LogP contribution is 2.42. The van der Waals surface area contributed by atoms with Crippen molar-refractivity contribution in [3.05, 3.63) is 47.5 Å². The molecule has 128 valence electrons. The van der Waals surface area contributed by atoms with Gasteiger partial charge in [-0.3, -0.25) is 0 Å². The first kappa shape index (κ1) is 17.2. The molecule has 0 amide bonds. The van der Waals surface area contributed by atoms with Crippen molar-refractivity contribution in [2.45, 2.75) is 43.9 Å². The topological polar surface area (TPSA) is 6.48 Å². The summed E-state index contributed by atoms with van der Waals surface area (Å²) in [5.74, 6) is 0. The van der Waals surface area contributed by atoms with Crippen LogP contribution in [0.4, 0.5) is 11.4 Å². The third-order valence-electron chi connectivity index (χ3n) is 4.96. The Hall–Kier alpha value is -1.61. The van der Waals surface area contributed by atoms with Gasteiger partial charge in [0.15, 0.2) is 0 Å². The predicted octanol–water partition coefficient (Wildman–Crippen LogP) is 5.43. The molecule has 0 saturated heterocycles. The molecule has 0 saturated carbocycles. The molecule has 24 heavy (non-hydrogen) atoms. The average Bonchev–Trinajstić information content (AvgIpc) is 2.62. The maximum absolute atomic E-state index is 2.42. The molecule has 2 aromatic rings. The zero-order valence-electron chi connectivity index (χ0n) is 15.3. The Bertz CT molecular complexity index is 643. The smallest absolute Gasteiger partial charge is 0.0377 e. The van der Waals surface area contributed by atoms with Crippen LogP contribution in [0.3, 0.4) is 0 Å². The summed E-state index contributed by atoms with van der Waals surface area (Å²) >= 11 is 1.93. The van der Waals surface area contributed by atoms with Crippen molar-refractivity contribution in [2.24, 2.45) is 0 Å². The molecule has 0 bridgehead atoms. The van der Waals surface area contributed by atoms with E-state index < -0.39 is 0 Å². The summed E-state index contributed by atoms with van der Waals surface area (Å²) in [6.45, 7) is 13.1. The van der Waals surface area contributed by atoms with Gasteiger partial charge in [-0.25, -0.2) is 0 Å². The van der Waals surface area contributed by atoms with Gasteiger partial charge in [0.1, 0.15) is 0 Å². The Labute approximate surface area is 150 Å². The lowest BCUT2D eigenvalue weighted by Gasteiger charge is -2.26. The van der Waals surface area contributed by atoms with Gasteiger partial charge in [-0.05, 0) is 69.5 Å². The Balaban J connectivity index is 1.91. The molecular formula is C21H28N2S. The van der Waals surface area contributed by atoms with Crippen LogP contribution in [0.2, 0.25) is 0 Å². The Kier molecular flexibility index (Phi) is 5.40. The minimum Gasteiger partial charge on any atom is -0.372 e. The maximum Gasteiger partial charge on any atom is 0.0377 e. The van der Waals surface area contributed by atoms with Gasteiger partial charge in [0.05, 0.1) is 0 Å². The van der Waals surface area contributed by atoms with Crippen molar-refractivity contribution in [3.63, 3.8) is 0 Å². The Morgan fingerprint density at radius 3 is 1.50 bits per heavy atom. The molecule has 1 heterocycles. The number of hydrogen-bond donors (Lipinski definition) is 0. The maximum atomic E-state index is 2.42. The number of fused-ring (bicyclic) bond motifs is 2. The zero-order chi connectivity index (χ0) is 17.1. The lowest BCUT2D eigenvalue weighted by molar-refractivity contribution is 0.859. The van der Waals surface area contributed by atoms with Gasteiger partial charge in [0.2, 0.25) is 0 Å². The average molecular weight is 341 g/mol. The van der Waals surface area contributed by atoms with Crippen molar-refractivity contribution in [2.75, 3.05) is 36.0 Å².